The summed E-state index contributed by atoms with van der Waals surface area (Å²) in [5, 5.41) is 0.638. The van der Waals surface area contributed by atoms with Crippen LogP contribution in [0.25, 0.3) is 11.0 Å². The Morgan fingerprint density at radius 3 is 3.00 bits per heavy atom. The number of aromatic amines is 1. The zero-order chi connectivity index (χ0) is 13.5. The molecule has 0 amide bonds. The Hall–Kier alpha value is -1.15. The molecule has 0 aliphatic carbocycles. The summed E-state index contributed by atoms with van der Waals surface area (Å²) in [6, 6.07) is 3.50. The molecule has 2 aromatic heterocycles. The van der Waals surface area contributed by atoms with Gasteiger partial charge < -0.3 is 10.7 Å². The maximum atomic E-state index is 12.6. The Morgan fingerprint density at radius 1 is 1.50 bits per heavy atom. The molecule has 0 saturated carbocycles. The molecule has 8 heteroatoms. The van der Waals surface area contributed by atoms with E-state index in [0.29, 0.717) is 35.6 Å². The van der Waals surface area contributed by atoms with Gasteiger partial charge in [0.25, 0.3) is 0 Å². The van der Waals surface area contributed by atoms with Gasteiger partial charge in [0.1, 0.15) is 10.5 Å². The van der Waals surface area contributed by atoms with Gasteiger partial charge in [0.05, 0.1) is 0 Å². The Kier molecular flexibility index (Phi) is 4.33. The lowest BCUT2D eigenvalue weighted by atomic mass is 10.1. The third-order valence-electron chi connectivity index (χ3n) is 3.61. The number of nitrogens with two attached hydrogens (primary N) is 1. The number of sulfonamides is 1. The summed E-state index contributed by atoms with van der Waals surface area (Å²) in [6.07, 6.45) is 3.98. The number of H-pyrrole nitrogens is 1. The quantitative estimate of drug-likeness (QED) is 0.882. The van der Waals surface area contributed by atoms with Crippen LogP contribution in [-0.4, -0.2) is 42.3 Å². The highest BCUT2D eigenvalue weighted by atomic mass is 35.5. The lowest BCUT2D eigenvalue weighted by molar-refractivity contribution is 0.460. The first kappa shape index (κ1) is 15.2. The van der Waals surface area contributed by atoms with Crippen molar-refractivity contribution in [3.63, 3.8) is 0 Å². The number of pyridine rings is 1. The van der Waals surface area contributed by atoms with E-state index in [-0.39, 0.29) is 18.3 Å². The molecular weight excluding hydrogens is 300 g/mol. The third-order valence-corrected chi connectivity index (χ3v) is 5.52. The first-order chi connectivity index (χ1) is 9.13. The topological polar surface area (TPSA) is 92.1 Å². The molecule has 2 aromatic rings. The van der Waals surface area contributed by atoms with Crippen molar-refractivity contribution < 1.29 is 8.42 Å². The van der Waals surface area contributed by atoms with E-state index in [9.17, 15) is 8.42 Å². The average Bonchev–Trinajstić information content (AvgIpc) is 3.06. The van der Waals surface area contributed by atoms with Gasteiger partial charge in [-0.15, -0.1) is 12.4 Å². The number of hydrogen-bond donors (Lipinski definition) is 2. The van der Waals surface area contributed by atoms with Crippen LogP contribution < -0.4 is 5.73 Å². The van der Waals surface area contributed by atoms with Gasteiger partial charge in [-0.1, -0.05) is 0 Å². The van der Waals surface area contributed by atoms with E-state index in [4.69, 9.17) is 5.73 Å². The number of fused-ring (bicyclic) bond motifs is 1. The van der Waals surface area contributed by atoms with E-state index in [0.717, 1.165) is 6.42 Å². The van der Waals surface area contributed by atoms with E-state index in [1.54, 1.807) is 18.3 Å². The molecule has 20 heavy (non-hydrogen) atoms. The summed E-state index contributed by atoms with van der Waals surface area (Å²) in [7, 11) is -3.46. The number of halogens is 1. The molecular formula is C12H17ClN4O2S. The molecule has 0 radical (unpaired) electrons. The lowest BCUT2D eigenvalue weighted by Crippen LogP contribution is -2.29. The zero-order valence-electron chi connectivity index (χ0n) is 10.8. The van der Waals surface area contributed by atoms with Crippen LogP contribution in [0.2, 0.25) is 0 Å². The van der Waals surface area contributed by atoms with Gasteiger partial charge in [-0.05, 0) is 31.0 Å². The highest BCUT2D eigenvalue weighted by Gasteiger charge is 2.33. The SMILES string of the molecule is Cl.NCC1CCN(S(=O)(=O)c2c[nH]c3ncccc23)C1. The van der Waals surface area contributed by atoms with Gasteiger partial charge >= 0.3 is 0 Å². The Bertz CT molecular complexity index is 700. The minimum Gasteiger partial charge on any atom is -0.345 e. The maximum absolute atomic E-state index is 12.6. The molecule has 1 atom stereocenters. The van der Waals surface area contributed by atoms with E-state index in [1.807, 2.05) is 0 Å². The monoisotopic (exact) mass is 316 g/mol. The van der Waals surface area contributed by atoms with Crippen molar-refractivity contribution in [2.24, 2.45) is 11.7 Å². The van der Waals surface area contributed by atoms with Gasteiger partial charge in [0.2, 0.25) is 10.0 Å². The fourth-order valence-electron chi connectivity index (χ4n) is 2.49. The van der Waals surface area contributed by atoms with E-state index in [1.165, 1.54) is 10.5 Å². The van der Waals surface area contributed by atoms with Gasteiger partial charge in [-0.25, -0.2) is 13.4 Å². The lowest BCUT2D eigenvalue weighted by Gasteiger charge is -2.15. The number of rotatable bonds is 3. The first-order valence-corrected chi connectivity index (χ1v) is 7.69. The summed E-state index contributed by atoms with van der Waals surface area (Å²) in [5.41, 5.74) is 6.20. The van der Waals surface area contributed by atoms with Crippen molar-refractivity contribution in [1.82, 2.24) is 14.3 Å². The van der Waals surface area contributed by atoms with E-state index in [2.05, 4.69) is 9.97 Å². The molecule has 6 nitrogen and oxygen atoms in total. The molecule has 3 rings (SSSR count). The summed E-state index contributed by atoms with van der Waals surface area (Å²) in [5.74, 6) is 0.262. The molecule has 0 aromatic carbocycles. The second-order valence-corrected chi connectivity index (χ2v) is 6.71. The van der Waals surface area contributed by atoms with Crippen LogP contribution in [0.15, 0.2) is 29.4 Å². The number of nitrogens with one attached hydrogen (secondary N) is 1. The summed E-state index contributed by atoms with van der Waals surface area (Å²) < 4.78 is 26.7. The van der Waals surface area contributed by atoms with Gasteiger partial charge in [-0.3, -0.25) is 0 Å². The van der Waals surface area contributed by atoms with Crippen molar-refractivity contribution in [3.8, 4) is 0 Å². The fraction of sp³-hybridized carbons (Fsp3) is 0.417. The number of aromatic nitrogens is 2. The van der Waals surface area contributed by atoms with Crippen molar-refractivity contribution in [1.29, 1.82) is 0 Å². The first-order valence-electron chi connectivity index (χ1n) is 6.25. The average molecular weight is 317 g/mol. The summed E-state index contributed by atoms with van der Waals surface area (Å²) >= 11 is 0. The van der Waals surface area contributed by atoms with Crippen LogP contribution >= 0.6 is 12.4 Å². The van der Waals surface area contributed by atoms with Crippen LogP contribution in [0.5, 0.6) is 0 Å². The van der Waals surface area contributed by atoms with Crippen LogP contribution in [0.1, 0.15) is 6.42 Å². The minimum atomic E-state index is -3.46. The molecule has 1 aliphatic rings. The van der Waals surface area contributed by atoms with Gasteiger partial charge in [0.15, 0.2) is 0 Å². The Balaban J connectivity index is 0.00000147. The van der Waals surface area contributed by atoms with Crippen LogP contribution in [0.3, 0.4) is 0 Å². The number of nitrogens with zero attached hydrogens (tertiary/aromatic N) is 2. The van der Waals surface area contributed by atoms with Gasteiger partial charge in [-0.2, -0.15) is 4.31 Å². The summed E-state index contributed by atoms with van der Waals surface area (Å²) in [6.45, 7) is 1.57. The predicted octanol–water partition coefficient (Wildman–Crippen LogP) is 0.954. The standard InChI is InChI=1S/C12H16N4O2S.ClH/c13-6-9-3-5-16(8-9)19(17,18)11-7-15-12-10(11)2-1-4-14-12;/h1-2,4,7,9H,3,5-6,8,13H2,(H,14,15);1H. The van der Waals surface area contributed by atoms with Crippen LogP contribution in [0.4, 0.5) is 0 Å². The molecule has 0 bridgehead atoms. The van der Waals surface area contributed by atoms with Crippen molar-refractivity contribution in [2.75, 3.05) is 19.6 Å². The molecule has 1 unspecified atom stereocenters. The van der Waals surface area contributed by atoms with Gasteiger partial charge in [0, 0.05) is 30.9 Å². The maximum Gasteiger partial charge on any atom is 0.245 e. The minimum absolute atomic E-state index is 0. The molecule has 3 heterocycles. The molecule has 1 saturated heterocycles. The normalized spacial score (nSPS) is 20.1. The van der Waals surface area contributed by atoms with E-state index >= 15 is 0 Å². The predicted molar refractivity (Wildman–Crippen MR) is 79.3 cm³/mol. The highest BCUT2D eigenvalue weighted by molar-refractivity contribution is 7.89. The molecule has 1 fully saturated rings. The smallest absolute Gasteiger partial charge is 0.245 e. The third kappa shape index (κ3) is 2.42. The molecule has 110 valence electrons. The molecule has 0 spiro atoms. The highest BCUT2D eigenvalue weighted by Crippen LogP contribution is 2.28. The van der Waals surface area contributed by atoms with Crippen LogP contribution in [-0.2, 0) is 10.0 Å². The second-order valence-electron chi connectivity index (χ2n) is 4.81. The van der Waals surface area contributed by atoms with Crippen molar-refractivity contribution in [3.05, 3.63) is 24.5 Å². The van der Waals surface area contributed by atoms with Crippen LogP contribution in [0, 0.1) is 5.92 Å². The largest absolute Gasteiger partial charge is 0.345 e. The van der Waals surface area contributed by atoms with E-state index < -0.39 is 10.0 Å². The Labute approximate surface area is 123 Å². The van der Waals surface area contributed by atoms with Crippen molar-refractivity contribution >= 4 is 33.5 Å². The zero-order valence-corrected chi connectivity index (χ0v) is 12.5. The van der Waals surface area contributed by atoms with Crippen molar-refractivity contribution in [2.45, 2.75) is 11.3 Å². The Morgan fingerprint density at radius 2 is 2.30 bits per heavy atom. The molecule has 3 N–H and O–H groups in total. The second kappa shape index (κ2) is 5.69. The summed E-state index contributed by atoms with van der Waals surface area (Å²) in [4.78, 5) is 7.32. The number of hydrogen-bond acceptors (Lipinski definition) is 4. The molecule has 1 aliphatic heterocycles. The fourth-order valence-corrected chi connectivity index (χ4v) is 4.17.